The normalized spacial score (nSPS) is 14.2. The molecular weight excluding hydrogens is 473 g/mol. The second-order valence-corrected chi connectivity index (χ2v) is 7.30. The van der Waals surface area contributed by atoms with Crippen LogP contribution in [0.3, 0.4) is 0 Å². The number of fused-ring (bicyclic) bond motifs is 1. The summed E-state index contributed by atoms with van der Waals surface area (Å²) in [6.07, 6.45) is 0. The molecule has 1 aliphatic rings. The molecule has 2 aromatic carbocycles. The average Bonchev–Trinajstić information content (AvgIpc) is 2.56. The van der Waals surface area contributed by atoms with Gasteiger partial charge in [0.2, 0.25) is 0 Å². The highest BCUT2D eigenvalue weighted by atomic mass is 127. The molecule has 1 amide bonds. The Morgan fingerprint density at radius 1 is 1.17 bits per heavy atom. The van der Waals surface area contributed by atoms with Gasteiger partial charge in [0.05, 0.1) is 11.6 Å². The molecule has 0 aromatic heterocycles. The minimum Gasteiger partial charge on any atom is -0.486 e. The van der Waals surface area contributed by atoms with Gasteiger partial charge in [-0.2, -0.15) is 0 Å². The van der Waals surface area contributed by atoms with Crippen LogP contribution in [-0.2, 0) is 0 Å². The third-order valence-electron chi connectivity index (χ3n) is 3.59. The summed E-state index contributed by atoms with van der Waals surface area (Å²) < 4.78 is 12.9. The number of rotatable bonds is 3. The molecule has 0 saturated heterocycles. The summed E-state index contributed by atoms with van der Waals surface area (Å²) in [4.78, 5) is 12.5. The number of hydrogen-bond acceptors (Lipinski definition) is 3. The quantitative estimate of drug-likeness (QED) is 0.656. The third-order valence-corrected chi connectivity index (χ3v) is 5.02. The van der Waals surface area contributed by atoms with Crippen molar-refractivity contribution in [2.75, 3.05) is 13.2 Å². The van der Waals surface area contributed by atoms with Gasteiger partial charge in [0.15, 0.2) is 11.5 Å². The number of benzene rings is 2. The number of carbonyl (C=O) groups is 1. The second kappa shape index (κ2) is 7.09. The summed E-state index contributed by atoms with van der Waals surface area (Å²) in [6, 6.07) is 11.3. The first-order valence-electron chi connectivity index (χ1n) is 7.20. The maximum absolute atomic E-state index is 12.5. The summed E-state index contributed by atoms with van der Waals surface area (Å²) in [5.74, 6) is 1.38. The Balaban J connectivity index is 1.77. The molecule has 120 valence electrons. The summed E-state index contributed by atoms with van der Waals surface area (Å²) in [5, 5.41) is 3.03. The van der Waals surface area contributed by atoms with Gasteiger partial charge < -0.3 is 14.8 Å². The van der Waals surface area contributed by atoms with Gasteiger partial charge in [0.1, 0.15) is 13.2 Å². The molecule has 1 unspecified atom stereocenters. The van der Waals surface area contributed by atoms with E-state index in [1.54, 1.807) is 0 Å². The molecule has 1 aliphatic heterocycles. The van der Waals surface area contributed by atoms with Crippen LogP contribution in [-0.4, -0.2) is 19.1 Å². The van der Waals surface area contributed by atoms with Gasteiger partial charge in [-0.25, -0.2) is 0 Å². The van der Waals surface area contributed by atoms with Crippen LogP contribution in [0.5, 0.6) is 11.5 Å². The van der Waals surface area contributed by atoms with E-state index in [1.165, 1.54) is 0 Å². The fourth-order valence-electron chi connectivity index (χ4n) is 2.36. The fourth-order valence-corrected chi connectivity index (χ4v) is 3.30. The maximum Gasteiger partial charge on any atom is 0.252 e. The lowest BCUT2D eigenvalue weighted by Crippen LogP contribution is -2.27. The van der Waals surface area contributed by atoms with Crippen LogP contribution in [0.1, 0.15) is 28.9 Å². The largest absolute Gasteiger partial charge is 0.486 e. The Kier molecular flexibility index (Phi) is 5.11. The first-order valence-corrected chi connectivity index (χ1v) is 9.07. The van der Waals surface area contributed by atoms with Crippen LogP contribution in [0.2, 0.25) is 0 Å². The van der Waals surface area contributed by atoms with Crippen LogP contribution in [0.15, 0.2) is 40.9 Å². The van der Waals surface area contributed by atoms with E-state index in [1.807, 2.05) is 43.3 Å². The predicted octanol–water partition coefficient (Wildman–Crippen LogP) is 4.32. The van der Waals surface area contributed by atoms with Crippen LogP contribution >= 0.6 is 38.5 Å². The van der Waals surface area contributed by atoms with E-state index in [2.05, 4.69) is 43.8 Å². The zero-order valence-electron chi connectivity index (χ0n) is 12.4. The third kappa shape index (κ3) is 3.80. The Morgan fingerprint density at radius 3 is 2.70 bits per heavy atom. The zero-order valence-corrected chi connectivity index (χ0v) is 16.2. The van der Waals surface area contributed by atoms with Crippen molar-refractivity contribution in [1.29, 1.82) is 0 Å². The molecule has 0 radical (unpaired) electrons. The lowest BCUT2D eigenvalue weighted by Gasteiger charge is -2.21. The molecule has 1 N–H and O–H groups in total. The SMILES string of the molecule is CC(NC(=O)c1cc(Br)ccc1I)c1ccc2c(c1)OCCO2. The Hall–Kier alpha value is -1.28. The molecule has 3 rings (SSSR count). The summed E-state index contributed by atoms with van der Waals surface area (Å²) in [5.41, 5.74) is 1.64. The van der Waals surface area contributed by atoms with E-state index in [-0.39, 0.29) is 11.9 Å². The van der Waals surface area contributed by atoms with Crippen LogP contribution in [0.4, 0.5) is 0 Å². The van der Waals surface area contributed by atoms with Crippen molar-refractivity contribution in [2.45, 2.75) is 13.0 Å². The molecule has 0 aliphatic carbocycles. The van der Waals surface area contributed by atoms with Crippen molar-refractivity contribution in [3.63, 3.8) is 0 Å². The Labute approximate surface area is 156 Å². The number of halogens is 2. The lowest BCUT2D eigenvalue weighted by atomic mass is 10.1. The first-order chi connectivity index (χ1) is 11.0. The van der Waals surface area contributed by atoms with Crippen molar-refractivity contribution in [3.8, 4) is 11.5 Å². The van der Waals surface area contributed by atoms with Crippen LogP contribution in [0, 0.1) is 3.57 Å². The topological polar surface area (TPSA) is 47.6 Å². The first kappa shape index (κ1) is 16.6. The van der Waals surface area contributed by atoms with E-state index in [0.29, 0.717) is 18.8 Å². The number of carbonyl (C=O) groups excluding carboxylic acids is 1. The highest BCUT2D eigenvalue weighted by Gasteiger charge is 2.17. The van der Waals surface area contributed by atoms with Gasteiger partial charge >= 0.3 is 0 Å². The number of nitrogens with one attached hydrogen (secondary N) is 1. The van der Waals surface area contributed by atoms with Crippen molar-refractivity contribution in [3.05, 3.63) is 55.6 Å². The Morgan fingerprint density at radius 2 is 1.91 bits per heavy atom. The zero-order chi connectivity index (χ0) is 16.4. The number of amides is 1. The van der Waals surface area contributed by atoms with Crippen molar-refractivity contribution < 1.29 is 14.3 Å². The number of hydrogen-bond donors (Lipinski definition) is 1. The molecule has 1 atom stereocenters. The molecule has 23 heavy (non-hydrogen) atoms. The molecule has 2 aromatic rings. The summed E-state index contributed by atoms with van der Waals surface area (Å²) in [7, 11) is 0. The van der Waals surface area contributed by atoms with Gasteiger partial charge in [-0.1, -0.05) is 22.0 Å². The summed E-state index contributed by atoms with van der Waals surface area (Å²) in [6.45, 7) is 3.07. The highest BCUT2D eigenvalue weighted by Crippen LogP contribution is 2.32. The standard InChI is InChI=1S/C17H15BrINO3/c1-10(11-2-5-15-16(8-11)23-7-6-22-15)20-17(21)13-9-12(18)3-4-14(13)19/h2-5,8-10H,6-7H2,1H3,(H,20,21). The number of ether oxygens (including phenoxy) is 2. The maximum atomic E-state index is 12.5. The molecule has 1 heterocycles. The average molecular weight is 488 g/mol. The van der Waals surface area contributed by atoms with E-state index in [0.717, 1.165) is 25.1 Å². The molecule has 6 heteroatoms. The van der Waals surface area contributed by atoms with Crippen molar-refractivity contribution in [2.24, 2.45) is 0 Å². The molecule has 0 saturated carbocycles. The van der Waals surface area contributed by atoms with Gasteiger partial charge in [0.25, 0.3) is 5.91 Å². The van der Waals surface area contributed by atoms with Crippen LogP contribution < -0.4 is 14.8 Å². The molecular formula is C17H15BrINO3. The fraction of sp³-hybridized carbons (Fsp3) is 0.235. The molecule has 0 spiro atoms. The predicted molar refractivity (Wildman–Crippen MR) is 100 cm³/mol. The van der Waals surface area contributed by atoms with E-state index in [4.69, 9.17) is 9.47 Å². The summed E-state index contributed by atoms with van der Waals surface area (Å²) >= 11 is 5.57. The van der Waals surface area contributed by atoms with Crippen LogP contribution in [0.25, 0.3) is 0 Å². The van der Waals surface area contributed by atoms with E-state index < -0.39 is 0 Å². The van der Waals surface area contributed by atoms with Gasteiger partial charge in [0, 0.05) is 8.04 Å². The van der Waals surface area contributed by atoms with Crippen molar-refractivity contribution in [1.82, 2.24) is 5.32 Å². The van der Waals surface area contributed by atoms with Crippen molar-refractivity contribution >= 4 is 44.4 Å². The molecule has 0 bridgehead atoms. The Bertz CT molecular complexity index is 751. The second-order valence-electron chi connectivity index (χ2n) is 5.22. The van der Waals surface area contributed by atoms with Gasteiger partial charge in [-0.05, 0) is 65.4 Å². The lowest BCUT2D eigenvalue weighted by molar-refractivity contribution is 0.0938. The van der Waals surface area contributed by atoms with Gasteiger partial charge in [-0.3, -0.25) is 4.79 Å². The molecule has 0 fully saturated rings. The minimum absolute atomic E-state index is 0.0990. The monoisotopic (exact) mass is 487 g/mol. The highest BCUT2D eigenvalue weighted by molar-refractivity contribution is 14.1. The molecule has 4 nitrogen and oxygen atoms in total. The van der Waals surface area contributed by atoms with E-state index >= 15 is 0 Å². The smallest absolute Gasteiger partial charge is 0.252 e. The minimum atomic E-state index is -0.131. The van der Waals surface area contributed by atoms with Gasteiger partial charge in [-0.15, -0.1) is 0 Å². The van der Waals surface area contributed by atoms with E-state index in [9.17, 15) is 4.79 Å².